The summed E-state index contributed by atoms with van der Waals surface area (Å²) in [5, 5.41) is 6.33. The highest BCUT2D eigenvalue weighted by Gasteiger charge is 1.98. The van der Waals surface area contributed by atoms with E-state index in [1.807, 2.05) is 24.3 Å². The number of hydrogen-bond donors (Lipinski definition) is 2. The van der Waals surface area contributed by atoms with Crippen molar-refractivity contribution in [1.82, 2.24) is 9.97 Å². The van der Waals surface area contributed by atoms with E-state index in [0.717, 1.165) is 17.1 Å². The highest BCUT2D eigenvalue weighted by molar-refractivity contribution is 5.62. The molecule has 0 aliphatic heterocycles. The fourth-order valence-corrected chi connectivity index (χ4v) is 1.82. The third-order valence-corrected chi connectivity index (χ3v) is 2.85. The van der Waals surface area contributed by atoms with E-state index in [-0.39, 0.29) is 5.82 Å². The van der Waals surface area contributed by atoms with Crippen molar-refractivity contribution in [3.8, 4) is 0 Å². The zero-order chi connectivity index (χ0) is 14.5. The van der Waals surface area contributed by atoms with E-state index >= 15 is 0 Å². The van der Waals surface area contributed by atoms with Gasteiger partial charge in [-0.1, -0.05) is 0 Å². The molecule has 2 N–H and O–H groups in total. The van der Waals surface area contributed by atoms with Gasteiger partial charge in [-0.3, -0.25) is 4.98 Å². The molecule has 3 rings (SSSR count). The van der Waals surface area contributed by atoms with Gasteiger partial charge in [0.25, 0.3) is 0 Å². The van der Waals surface area contributed by atoms with Crippen molar-refractivity contribution >= 4 is 22.9 Å². The first-order chi connectivity index (χ1) is 10.3. The van der Waals surface area contributed by atoms with Gasteiger partial charge in [-0.05, 0) is 48.5 Å². The maximum Gasteiger partial charge on any atom is 0.130 e. The molecule has 0 unspecified atom stereocenters. The first-order valence-corrected chi connectivity index (χ1v) is 6.45. The van der Waals surface area contributed by atoms with Crippen molar-refractivity contribution in [3.63, 3.8) is 0 Å². The lowest BCUT2D eigenvalue weighted by atomic mass is 10.3. The number of hydrogen-bond acceptors (Lipinski definition) is 4. The fraction of sp³-hybridized carbons (Fsp3) is 0. The highest BCUT2D eigenvalue weighted by Crippen LogP contribution is 2.18. The van der Waals surface area contributed by atoms with Gasteiger partial charge >= 0.3 is 0 Å². The molecule has 4 nitrogen and oxygen atoms in total. The monoisotopic (exact) mass is 280 g/mol. The van der Waals surface area contributed by atoms with Gasteiger partial charge in [0.2, 0.25) is 0 Å². The molecule has 5 heteroatoms. The van der Waals surface area contributed by atoms with Crippen LogP contribution in [0.1, 0.15) is 0 Å². The number of benzene rings is 1. The maximum atomic E-state index is 12.8. The van der Waals surface area contributed by atoms with E-state index in [1.165, 1.54) is 12.1 Å². The standard InChI is InChI=1S/C16H13FN4/c17-12-1-3-13(4-2-12)21-16-6-5-15(11-19-16)20-14-7-9-18-10-8-14/h1-11H,(H,18,20)(H,19,21). The van der Waals surface area contributed by atoms with Crippen molar-refractivity contribution in [1.29, 1.82) is 0 Å². The molecule has 21 heavy (non-hydrogen) atoms. The van der Waals surface area contributed by atoms with E-state index in [4.69, 9.17) is 0 Å². The Morgan fingerprint density at radius 2 is 1.38 bits per heavy atom. The Bertz CT molecular complexity index is 697. The second-order valence-corrected chi connectivity index (χ2v) is 4.42. The second kappa shape index (κ2) is 6.00. The van der Waals surface area contributed by atoms with Crippen LogP contribution in [-0.4, -0.2) is 9.97 Å². The van der Waals surface area contributed by atoms with Gasteiger partial charge in [-0.25, -0.2) is 9.37 Å². The highest BCUT2D eigenvalue weighted by atomic mass is 19.1. The number of anilines is 4. The zero-order valence-electron chi connectivity index (χ0n) is 11.1. The summed E-state index contributed by atoms with van der Waals surface area (Å²) >= 11 is 0. The lowest BCUT2D eigenvalue weighted by Crippen LogP contribution is -1.95. The first kappa shape index (κ1) is 13.1. The number of pyridine rings is 2. The third kappa shape index (κ3) is 3.54. The summed E-state index contributed by atoms with van der Waals surface area (Å²) in [6.45, 7) is 0. The Morgan fingerprint density at radius 3 is 2.05 bits per heavy atom. The van der Waals surface area contributed by atoms with Crippen LogP contribution in [0.4, 0.5) is 27.3 Å². The van der Waals surface area contributed by atoms with E-state index in [0.29, 0.717) is 5.82 Å². The van der Waals surface area contributed by atoms with Crippen molar-refractivity contribution in [2.45, 2.75) is 0 Å². The van der Waals surface area contributed by atoms with Gasteiger partial charge in [-0.2, -0.15) is 0 Å². The van der Waals surface area contributed by atoms with Crippen molar-refractivity contribution in [2.75, 3.05) is 10.6 Å². The number of rotatable bonds is 4. The number of aromatic nitrogens is 2. The molecule has 1 aromatic carbocycles. The molecule has 0 spiro atoms. The lowest BCUT2D eigenvalue weighted by Gasteiger charge is -2.08. The summed E-state index contributed by atoms with van der Waals surface area (Å²) in [6, 6.07) is 13.7. The predicted molar refractivity (Wildman–Crippen MR) is 81.4 cm³/mol. The van der Waals surface area contributed by atoms with Crippen LogP contribution in [0.2, 0.25) is 0 Å². The zero-order valence-corrected chi connectivity index (χ0v) is 11.1. The Hall–Kier alpha value is -2.95. The molecular weight excluding hydrogens is 267 g/mol. The third-order valence-electron chi connectivity index (χ3n) is 2.85. The molecule has 0 aliphatic carbocycles. The average Bonchev–Trinajstić information content (AvgIpc) is 2.53. The summed E-state index contributed by atoms with van der Waals surface area (Å²) < 4.78 is 12.8. The molecule has 104 valence electrons. The molecule has 3 aromatic rings. The minimum atomic E-state index is -0.259. The molecule has 2 aromatic heterocycles. The van der Waals surface area contributed by atoms with Crippen molar-refractivity contribution < 1.29 is 4.39 Å². The Balaban J connectivity index is 1.68. The largest absolute Gasteiger partial charge is 0.354 e. The van der Waals surface area contributed by atoms with Crippen LogP contribution in [0, 0.1) is 5.82 Å². The Kier molecular flexibility index (Phi) is 3.73. The minimum absolute atomic E-state index is 0.259. The Morgan fingerprint density at radius 1 is 0.714 bits per heavy atom. The quantitative estimate of drug-likeness (QED) is 0.755. The molecule has 0 aliphatic rings. The van der Waals surface area contributed by atoms with E-state index in [1.54, 1.807) is 30.7 Å². The molecule has 0 saturated heterocycles. The molecule has 0 fully saturated rings. The maximum absolute atomic E-state index is 12.8. The molecule has 0 radical (unpaired) electrons. The van der Waals surface area contributed by atoms with Crippen LogP contribution in [0.3, 0.4) is 0 Å². The van der Waals surface area contributed by atoms with E-state index in [2.05, 4.69) is 20.6 Å². The van der Waals surface area contributed by atoms with Crippen LogP contribution in [-0.2, 0) is 0 Å². The van der Waals surface area contributed by atoms with Gasteiger partial charge in [0, 0.05) is 23.8 Å². The summed E-state index contributed by atoms with van der Waals surface area (Å²) in [4.78, 5) is 8.27. The molecule has 0 saturated carbocycles. The number of halogens is 1. The normalized spacial score (nSPS) is 10.1. The molecule has 0 atom stereocenters. The molecule has 0 amide bonds. The summed E-state index contributed by atoms with van der Waals surface area (Å²) in [7, 11) is 0. The number of nitrogens with zero attached hydrogens (tertiary/aromatic N) is 2. The summed E-state index contributed by atoms with van der Waals surface area (Å²) in [5.41, 5.74) is 2.62. The minimum Gasteiger partial charge on any atom is -0.354 e. The van der Waals surface area contributed by atoms with E-state index < -0.39 is 0 Å². The summed E-state index contributed by atoms with van der Waals surface area (Å²) in [5.74, 6) is 0.437. The van der Waals surface area contributed by atoms with Gasteiger partial charge in [0.15, 0.2) is 0 Å². The second-order valence-electron chi connectivity index (χ2n) is 4.42. The van der Waals surface area contributed by atoms with E-state index in [9.17, 15) is 4.39 Å². The number of nitrogens with one attached hydrogen (secondary N) is 2. The molecule has 0 bridgehead atoms. The topological polar surface area (TPSA) is 49.8 Å². The smallest absolute Gasteiger partial charge is 0.130 e. The van der Waals surface area contributed by atoms with Crippen LogP contribution in [0.15, 0.2) is 67.1 Å². The van der Waals surface area contributed by atoms with Crippen molar-refractivity contribution in [2.24, 2.45) is 0 Å². The first-order valence-electron chi connectivity index (χ1n) is 6.45. The van der Waals surface area contributed by atoms with Crippen LogP contribution in [0.5, 0.6) is 0 Å². The molecular formula is C16H13FN4. The molecule has 2 heterocycles. The van der Waals surface area contributed by atoms with Gasteiger partial charge in [-0.15, -0.1) is 0 Å². The van der Waals surface area contributed by atoms with Gasteiger partial charge < -0.3 is 10.6 Å². The van der Waals surface area contributed by atoms with Crippen LogP contribution in [0.25, 0.3) is 0 Å². The van der Waals surface area contributed by atoms with Crippen molar-refractivity contribution in [3.05, 3.63) is 72.9 Å². The predicted octanol–water partition coefficient (Wildman–Crippen LogP) is 4.10. The fourth-order valence-electron chi connectivity index (χ4n) is 1.82. The average molecular weight is 280 g/mol. The Labute approximate surface area is 121 Å². The van der Waals surface area contributed by atoms with Crippen LogP contribution < -0.4 is 10.6 Å². The van der Waals surface area contributed by atoms with Crippen LogP contribution >= 0.6 is 0 Å². The summed E-state index contributed by atoms with van der Waals surface area (Å²) in [6.07, 6.45) is 5.17. The van der Waals surface area contributed by atoms with Gasteiger partial charge in [0.05, 0.1) is 11.9 Å². The van der Waals surface area contributed by atoms with Gasteiger partial charge in [0.1, 0.15) is 11.6 Å². The SMILES string of the molecule is Fc1ccc(Nc2ccc(Nc3ccncc3)cn2)cc1. The lowest BCUT2D eigenvalue weighted by molar-refractivity contribution is 0.628.